The van der Waals surface area contributed by atoms with Gasteiger partial charge in [-0.2, -0.15) is 0 Å². The van der Waals surface area contributed by atoms with Crippen molar-refractivity contribution in [3.05, 3.63) is 48.6 Å². The maximum atomic E-state index is 13.0. The molecule has 88 heavy (non-hydrogen) atoms. The van der Waals surface area contributed by atoms with Crippen molar-refractivity contribution in [1.82, 2.24) is 5.32 Å². The van der Waals surface area contributed by atoms with Gasteiger partial charge >= 0.3 is 5.97 Å². The second kappa shape index (κ2) is 66.1. The minimum Gasteiger partial charge on any atom is -0.466 e. The number of ether oxygens (including phenoxy) is 3. The van der Waals surface area contributed by atoms with Crippen LogP contribution in [0, 0.1) is 0 Å². The molecule has 1 saturated heterocycles. The van der Waals surface area contributed by atoms with Gasteiger partial charge < -0.3 is 45.1 Å². The number of carbonyl (C=O) groups is 2. The van der Waals surface area contributed by atoms with Gasteiger partial charge in [0, 0.05) is 12.8 Å². The van der Waals surface area contributed by atoms with Crippen LogP contribution in [0.5, 0.6) is 0 Å². The van der Waals surface area contributed by atoms with Gasteiger partial charge in [-0.05, 0) is 77.6 Å². The molecule has 0 bridgehead atoms. The molecular formula is C77H143NO10. The van der Waals surface area contributed by atoms with Crippen molar-refractivity contribution in [3.8, 4) is 0 Å². The zero-order chi connectivity index (χ0) is 63.7. The average Bonchev–Trinajstić information content (AvgIpc) is 2.69. The van der Waals surface area contributed by atoms with E-state index >= 15 is 0 Å². The third kappa shape index (κ3) is 54.2. The standard InChI is InChI=1S/C77H143NO10/c1-3-5-7-9-11-13-14-45-49-53-57-61-65-73(82)86-66-62-58-54-50-46-43-41-39-37-35-33-31-29-27-25-23-21-19-17-15-16-18-20-22-24-26-28-30-32-34-36-38-40-42-44-48-52-56-60-64-72(81)78-69(70(80)63-59-55-51-47-12-10-8-6-4-2)68-87-77-76(85)75(84)74(83)71(67-79)88-77/h4,6,12,15-16,47,59,63,69-71,74-77,79-80,83-85H,3,5,7-11,13-14,17-46,48-58,60-62,64-68H2,1-2H3,(H,78,81)/b6-4+,16-15-,47-12+,63-59+. The topological polar surface area (TPSA) is 175 Å². The molecule has 0 aliphatic carbocycles. The Labute approximate surface area is 542 Å². The van der Waals surface area contributed by atoms with E-state index in [0.29, 0.717) is 19.4 Å². The third-order valence-corrected chi connectivity index (χ3v) is 18.0. The highest BCUT2D eigenvalue weighted by Crippen LogP contribution is 2.24. The van der Waals surface area contributed by atoms with Crippen LogP contribution in [-0.4, -0.2) is 100 Å². The lowest BCUT2D eigenvalue weighted by Gasteiger charge is -2.40. The van der Waals surface area contributed by atoms with Gasteiger partial charge in [-0.15, -0.1) is 0 Å². The van der Waals surface area contributed by atoms with Crippen LogP contribution in [0.15, 0.2) is 48.6 Å². The molecule has 0 saturated carbocycles. The molecule has 0 aromatic carbocycles. The van der Waals surface area contributed by atoms with Crippen molar-refractivity contribution in [2.24, 2.45) is 0 Å². The largest absolute Gasteiger partial charge is 0.466 e. The van der Waals surface area contributed by atoms with Gasteiger partial charge in [0.15, 0.2) is 6.29 Å². The molecule has 1 fully saturated rings. The molecule has 0 spiro atoms. The van der Waals surface area contributed by atoms with Crippen LogP contribution in [0.1, 0.15) is 367 Å². The van der Waals surface area contributed by atoms with Gasteiger partial charge in [0.25, 0.3) is 0 Å². The molecule has 516 valence electrons. The van der Waals surface area contributed by atoms with Gasteiger partial charge in [-0.3, -0.25) is 9.59 Å². The maximum absolute atomic E-state index is 13.0. The lowest BCUT2D eigenvalue weighted by atomic mass is 9.99. The fraction of sp³-hybridized carbons (Fsp3) is 0.870. The maximum Gasteiger partial charge on any atom is 0.305 e. The van der Waals surface area contributed by atoms with Gasteiger partial charge in [0.2, 0.25) is 5.91 Å². The van der Waals surface area contributed by atoms with Crippen molar-refractivity contribution in [1.29, 1.82) is 0 Å². The van der Waals surface area contributed by atoms with Crippen LogP contribution >= 0.6 is 0 Å². The predicted octanol–water partition coefficient (Wildman–Crippen LogP) is 19.9. The summed E-state index contributed by atoms with van der Waals surface area (Å²) in [5, 5.41) is 54.2. The number of carbonyl (C=O) groups excluding carboxylic acids is 2. The molecule has 1 rings (SSSR count). The van der Waals surface area contributed by atoms with E-state index in [0.717, 1.165) is 57.8 Å². The molecule has 7 unspecified atom stereocenters. The van der Waals surface area contributed by atoms with Crippen LogP contribution in [0.25, 0.3) is 0 Å². The van der Waals surface area contributed by atoms with E-state index in [9.17, 15) is 35.1 Å². The second-order valence-electron chi connectivity index (χ2n) is 26.4. The Kier molecular flexibility index (Phi) is 62.8. The number of hydrogen-bond acceptors (Lipinski definition) is 10. The molecule has 11 nitrogen and oxygen atoms in total. The minimum absolute atomic E-state index is 0.0174. The Morgan fingerprint density at radius 3 is 1.19 bits per heavy atom. The van der Waals surface area contributed by atoms with Gasteiger partial charge in [0.05, 0.1) is 32.0 Å². The van der Waals surface area contributed by atoms with Crippen LogP contribution in [0.3, 0.4) is 0 Å². The predicted molar refractivity (Wildman–Crippen MR) is 370 cm³/mol. The highest BCUT2D eigenvalue weighted by molar-refractivity contribution is 5.76. The molecule has 7 atom stereocenters. The SMILES string of the molecule is C/C=C/CC/C=C/CC/C=C/C(O)C(COC1OC(CO)C(O)C(O)C1O)NC(=O)CCCCCCCCCCCCCCCCCCC/C=C\CCCCCCCCCCCCCCCCCCCCOC(=O)CCCCCCCCCCCCCC. The van der Waals surface area contributed by atoms with Crippen molar-refractivity contribution in [2.75, 3.05) is 19.8 Å². The Morgan fingerprint density at radius 2 is 0.784 bits per heavy atom. The van der Waals surface area contributed by atoms with E-state index in [4.69, 9.17) is 14.2 Å². The van der Waals surface area contributed by atoms with Crippen LogP contribution in [-0.2, 0) is 23.8 Å². The van der Waals surface area contributed by atoms with E-state index in [2.05, 4.69) is 42.6 Å². The molecule has 1 aliphatic rings. The summed E-state index contributed by atoms with van der Waals surface area (Å²) in [7, 11) is 0. The summed E-state index contributed by atoms with van der Waals surface area (Å²) in [4.78, 5) is 25.1. The van der Waals surface area contributed by atoms with Crippen molar-refractivity contribution >= 4 is 11.9 Å². The molecule has 1 amide bonds. The quantitative estimate of drug-likeness (QED) is 0.0195. The number of hydrogen-bond donors (Lipinski definition) is 6. The Balaban J connectivity index is 1.86. The first kappa shape index (κ1) is 83.6. The fourth-order valence-corrected chi connectivity index (χ4v) is 12.1. The van der Waals surface area contributed by atoms with Gasteiger partial charge in [-0.1, -0.05) is 325 Å². The summed E-state index contributed by atoms with van der Waals surface area (Å²) < 4.78 is 16.7. The smallest absolute Gasteiger partial charge is 0.305 e. The number of amides is 1. The summed E-state index contributed by atoms with van der Waals surface area (Å²) in [6, 6.07) is -0.830. The van der Waals surface area contributed by atoms with Crippen LogP contribution in [0.4, 0.5) is 0 Å². The summed E-state index contributed by atoms with van der Waals surface area (Å²) >= 11 is 0. The molecule has 11 heteroatoms. The normalized spacial score (nSPS) is 18.0. The van der Waals surface area contributed by atoms with E-state index < -0.39 is 49.5 Å². The average molecular weight is 1240 g/mol. The van der Waals surface area contributed by atoms with Gasteiger partial charge in [-0.25, -0.2) is 0 Å². The van der Waals surface area contributed by atoms with E-state index in [-0.39, 0.29) is 18.5 Å². The molecule has 1 aliphatic heterocycles. The number of rotatable bonds is 67. The van der Waals surface area contributed by atoms with E-state index in [1.165, 1.54) is 283 Å². The third-order valence-electron chi connectivity index (χ3n) is 18.0. The Hall–Kier alpha value is -2.38. The van der Waals surface area contributed by atoms with Crippen molar-refractivity contribution in [2.45, 2.75) is 410 Å². The van der Waals surface area contributed by atoms with E-state index in [1.54, 1.807) is 6.08 Å². The summed E-state index contributed by atoms with van der Waals surface area (Å²) in [6.45, 7) is 4.13. The Morgan fingerprint density at radius 1 is 0.432 bits per heavy atom. The van der Waals surface area contributed by atoms with Crippen LogP contribution in [0.2, 0.25) is 0 Å². The number of unbranched alkanes of at least 4 members (excludes halogenated alkanes) is 48. The van der Waals surface area contributed by atoms with Crippen LogP contribution < -0.4 is 5.32 Å². The molecule has 1 heterocycles. The first-order chi connectivity index (χ1) is 43.2. The first-order valence-corrected chi connectivity index (χ1v) is 37.9. The number of aliphatic hydroxyl groups excluding tert-OH is 5. The molecule has 0 aromatic heterocycles. The first-order valence-electron chi connectivity index (χ1n) is 37.9. The van der Waals surface area contributed by atoms with E-state index in [1.807, 2.05) is 19.1 Å². The summed E-state index contributed by atoms with van der Waals surface area (Å²) in [5.74, 6) is -0.177. The lowest BCUT2D eigenvalue weighted by molar-refractivity contribution is -0.302. The molecule has 0 radical (unpaired) electrons. The summed E-state index contributed by atoms with van der Waals surface area (Å²) in [5.41, 5.74) is 0. The molecule has 6 N–H and O–H groups in total. The zero-order valence-electron chi connectivity index (χ0n) is 57.4. The highest BCUT2D eigenvalue weighted by atomic mass is 16.7. The number of nitrogens with one attached hydrogen (secondary N) is 1. The minimum atomic E-state index is -1.58. The monoisotopic (exact) mass is 1240 g/mol. The molecule has 0 aromatic rings. The zero-order valence-corrected chi connectivity index (χ0v) is 57.4. The number of aliphatic hydroxyl groups is 5. The fourth-order valence-electron chi connectivity index (χ4n) is 12.1. The highest BCUT2D eigenvalue weighted by Gasteiger charge is 2.44. The number of allylic oxidation sites excluding steroid dienone is 7. The lowest BCUT2D eigenvalue weighted by Crippen LogP contribution is -2.60. The van der Waals surface area contributed by atoms with Crippen molar-refractivity contribution in [3.63, 3.8) is 0 Å². The second-order valence-corrected chi connectivity index (χ2v) is 26.4. The Bertz CT molecular complexity index is 1600. The van der Waals surface area contributed by atoms with Crippen molar-refractivity contribution < 1.29 is 49.3 Å². The number of esters is 1. The summed E-state index contributed by atoms with van der Waals surface area (Å²) in [6.07, 6.45) is 77.6. The van der Waals surface area contributed by atoms with Gasteiger partial charge in [0.1, 0.15) is 24.4 Å². The molecular weight excluding hydrogens is 1100 g/mol.